The topological polar surface area (TPSA) is 64.4 Å². The van der Waals surface area contributed by atoms with Crippen molar-refractivity contribution in [3.05, 3.63) is 39.9 Å². The number of hydrogen-bond donors (Lipinski definition) is 1. The fraction of sp³-hybridized carbons (Fsp3) is 0.600. The summed E-state index contributed by atoms with van der Waals surface area (Å²) in [4.78, 5) is 10.2. The van der Waals surface area contributed by atoms with Gasteiger partial charge in [0.2, 0.25) is 0 Å². The molecule has 2 rings (SSSR count). The SMILES string of the molecule is CCC1(C)CC(NCc2ccc([N+](=O)[O-])cc2)CCO1. The van der Waals surface area contributed by atoms with E-state index >= 15 is 0 Å². The first-order valence-corrected chi connectivity index (χ1v) is 7.13. The number of nitro benzene ring substituents is 1. The van der Waals surface area contributed by atoms with Gasteiger partial charge in [0.25, 0.3) is 5.69 Å². The van der Waals surface area contributed by atoms with Crippen molar-refractivity contribution in [2.45, 2.75) is 51.3 Å². The molecule has 2 atom stereocenters. The molecule has 20 heavy (non-hydrogen) atoms. The molecule has 1 aromatic rings. The van der Waals surface area contributed by atoms with E-state index in [1.807, 2.05) is 12.1 Å². The van der Waals surface area contributed by atoms with Gasteiger partial charge in [-0.25, -0.2) is 0 Å². The van der Waals surface area contributed by atoms with Crippen LogP contribution in [0.25, 0.3) is 0 Å². The molecule has 0 bridgehead atoms. The van der Waals surface area contributed by atoms with Crippen LogP contribution in [0.2, 0.25) is 0 Å². The van der Waals surface area contributed by atoms with Crippen molar-refractivity contribution in [1.82, 2.24) is 5.32 Å². The van der Waals surface area contributed by atoms with Gasteiger partial charge < -0.3 is 10.1 Å². The second kappa shape index (κ2) is 6.33. The zero-order valence-electron chi connectivity index (χ0n) is 12.1. The second-order valence-corrected chi connectivity index (χ2v) is 5.65. The molecule has 1 aliphatic heterocycles. The summed E-state index contributed by atoms with van der Waals surface area (Å²) < 4.78 is 5.82. The third-order valence-electron chi connectivity index (χ3n) is 4.08. The van der Waals surface area contributed by atoms with Crippen LogP contribution in [0.3, 0.4) is 0 Å². The average molecular weight is 278 g/mol. The van der Waals surface area contributed by atoms with Crippen LogP contribution in [-0.4, -0.2) is 23.2 Å². The Morgan fingerprint density at radius 1 is 1.45 bits per heavy atom. The van der Waals surface area contributed by atoms with E-state index in [9.17, 15) is 10.1 Å². The lowest BCUT2D eigenvalue weighted by molar-refractivity contribution is -0.384. The van der Waals surface area contributed by atoms with Crippen molar-refractivity contribution in [3.8, 4) is 0 Å². The van der Waals surface area contributed by atoms with Crippen LogP contribution < -0.4 is 5.32 Å². The number of hydrogen-bond acceptors (Lipinski definition) is 4. The number of ether oxygens (including phenoxy) is 1. The molecular formula is C15H22N2O3. The summed E-state index contributed by atoms with van der Waals surface area (Å²) in [5, 5.41) is 14.1. The van der Waals surface area contributed by atoms with Gasteiger partial charge in [0.1, 0.15) is 0 Å². The van der Waals surface area contributed by atoms with E-state index in [-0.39, 0.29) is 16.2 Å². The van der Waals surface area contributed by atoms with Gasteiger partial charge in [-0.15, -0.1) is 0 Å². The van der Waals surface area contributed by atoms with Crippen molar-refractivity contribution in [1.29, 1.82) is 0 Å². The van der Waals surface area contributed by atoms with Gasteiger partial charge in [-0.05, 0) is 31.7 Å². The molecule has 0 aromatic heterocycles. The van der Waals surface area contributed by atoms with E-state index < -0.39 is 0 Å². The van der Waals surface area contributed by atoms with E-state index in [0.29, 0.717) is 6.04 Å². The summed E-state index contributed by atoms with van der Waals surface area (Å²) in [7, 11) is 0. The van der Waals surface area contributed by atoms with E-state index in [0.717, 1.165) is 38.0 Å². The second-order valence-electron chi connectivity index (χ2n) is 5.65. The maximum absolute atomic E-state index is 10.6. The Balaban J connectivity index is 1.87. The molecular weight excluding hydrogens is 256 g/mol. The Labute approximate surface area is 119 Å². The Morgan fingerprint density at radius 3 is 2.75 bits per heavy atom. The van der Waals surface area contributed by atoms with Crippen molar-refractivity contribution in [2.24, 2.45) is 0 Å². The van der Waals surface area contributed by atoms with Crippen molar-refractivity contribution < 1.29 is 9.66 Å². The number of rotatable bonds is 5. The summed E-state index contributed by atoms with van der Waals surface area (Å²) in [5.74, 6) is 0. The molecule has 0 aliphatic carbocycles. The highest BCUT2D eigenvalue weighted by Gasteiger charge is 2.31. The standard InChI is InChI=1S/C15H22N2O3/c1-3-15(2)10-13(8-9-20-15)16-11-12-4-6-14(7-5-12)17(18)19/h4-7,13,16H,3,8-11H2,1-2H3. The Hall–Kier alpha value is -1.46. The summed E-state index contributed by atoms with van der Waals surface area (Å²) in [6.07, 6.45) is 3.04. The fourth-order valence-electron chi connectivity index (χ4n) is 2.55. The van der Waals surface area contributed by atoms with E-state index in [1.54, 1.807) is 12.1 Å². The molecule has 0 amide bonds. The average Bonchev–Trinajstić information content (AvgIpc) is 2.46. The van der Waals surface area contributed by atoms with Crippen LogP contribution in [-0.2, 0) is 11.3 Å². The largest absolute Gasteiger partial charge is 0.375 e. The zero-order chi connectivity index (χ0) is 14.6. The molecule has 5 nitrogen and oxygen atoms in total. The molecule has 1 aliphatic rings. The van der Waals surface area contributed by atoms with Crippen LogP contribution >= 0.6 is 0 Å². The highest BCUT2D eigenvalue weighted by molar-refractivity contribution is 5.32. The monoisotopic (exact) mass is 278 g/mol. The van der Waals surface area contributed by atoms with Crippen LogP contribution in [0.5, 0.6) is 0 Å². The number of nitro groups is 1. The minimum absolute atomic E-state index is 0.0224. The molecule has 1 heterocycles. The van der Waals surface area contributed by atoms with Crippen LogP contribution in [0.1, 0.15) is 38.7 Å². The quantitative estimate of drug-likeness (QED) is 0.664. The third-order valence-corrected chi connectivity index (χ3v) is 4.08. The van der Waals surface area contributed by atoms with E-state index in [4.69, 9.17) is 4.74 Å². The maximum atomic E-state index is 10.6. The highest BCUT2D eigenvalue weighted by Crippen LogP contribution is 2.27. The molecule has 1 aromatic carbocycles. The van der Waals surface area contributed by atoms with Crippen molar-refractivity contribution in [3.63, 3.8) is 0 Å². The predicted octanol–water partition coefficient (Wildman–Crippen LogP) is 3.03. The van der Waals surface area contributed by atoms with Crippen LogP contribution in [0.4, 0.5) is 5.69 Å². The summed E-state index contributed by atoms with van der Waals surface area (Å²) in [5.41, 5.74) is 1.18. The predicted molar refractivity (Wildman–Crippen MR) is 77.6 cm³/mol. The molecule has 1 saturated heterocycles. The number of nitrogens with one attached hydrogen (secondary N) is 1. The van der Waals surface area contributed by atoms with Gasteiger partial charge in [-0.2, -0.15) is 0 Å². The first-order valence-electron chi connectivity index (χ1n) is 7.13. The lowest BCUT2D eigenvalue weighted by Crippen LogP contribution is -2.44. The lowest BCUT2D eigenvalue weighted by atomic mass is 9.90. The van der Waals surface area contributed by atoms with Crippen molar-refractivity contribution in [2.75, 3.05) is 6.61 Å². The van der Waals surface area contributed by atoms with Gasteiger partial charge in [-0.1, -0.05) is 19.1 Å². The third kappa shape index (κ3) is 3.77. The molecule has 110 valence electrons. The smallest absolute Gasteiger partial charge is 0.269 e. The zero-order valence-corrected chi connectivity index (χ0v) is 12.1. The molecule has 0 spiro atoms. The van der Waals surface area contributed by atoms with E-state index in [2.05, 4.69) is 19.2 Å². The number of nitrogens with zero attached hydrogens (tertiary/aromatic N) is 1. The molecule has 0 saturated carbocycles. The summed E-state index contributed by atoms with van der Waals surface area (Å²) >= 11 is 0. The summed E-state index contributed by atoms with van der Waals surface area (Å²) in [6, 6.07) is 7.17. The lowest BCUT2D eigenvalue weighted by Gasteiger charge is -2.38. The number of benzene rings is 1. The van der Waals surface area contributed by atoms with Crippen LogP contribution in [0, 0.1) is 10.1 Å². The Kier molecular flexibility index (Phi) is 4.73. The minimum Gasteiger partial charge on any atom is -0.375 e. The van der Waals surface area contributed by atoms with Gasteiger partial charge in [0.15, 0.2) is 0 Å². The van der Waals surface area contributed by atoms with Gasteiger partial charge in [0.05, 0.1) is 10.5 Å². The van der Waals surface area contributed by atoms with Crippen LogP contribution in [0.15, 0.2) is 24.3 Å². The molecule has 5 heteroatoms. The molecule has 0 radical (unpaired) electrons. The van der Waals surface area contributed by atoms with E-state index in [1.165, 1.54) is 0 Å². The van der Waals surface area contributed by atoms with Crippen molar-refractivity contribution >= 4 is 5.69 Å². The highest BCUT2D eigenvalue weighted by atomic mass is 16.6. The first kappa shape index (κ1) is 14.9. The normalized spacial score (nSPS) is 26.4. The van der Waals surface area contributed by atoms with Gasteiger partial charge in [-0.3, -0.25) is 10.1 Å². The first-order chi connectivity index (χ1) is 9.52. The van der Waals surface area contributed by atoms with Gasteiger partial charge in [0, 0.05) is 31.3 Å². The Bertz CT molecular complexity index is 461. The maximum Gasteiger partial charge on any atom is 0.269 e. The molecule has 1 N–H and O–H groups in total. The molecule has 1 fully saturated rings. The molecule has 2 unspecified atom stereocenters. The van der Waals surface area contributed by atoms with Gasteiger partial charge >= 0.3 is 0 Å². The summed E-state index contributed by atoms with van der Waals surface area (Å²) in [6.45, 7) is 5.84. The minimum atomic E-state index is -0.373. The number of non-ortho nitro benzene ring substituents is 1. The fourth-order valence-corrected chi connectivity index (χ4v) is 2.55. The Morgan fingerprint density at radius 2 is 2.15 bits per heavy atom.